The minimum absolute atomic E-state index is 0.0512. The number of hydrogen-bond acceptors (Lipinski definition) is 6. The predicted molar refractivity (Wildman–Crippen MR) is 126 cm³/mol. The van der Waals surface area contributed by atoms with Crippen molar-refractivity contribution in [1.82, 2.24) is 9.78 Å². The zero-order valence-electron chi connectivity index (χ0n) is 19.1. The van der Waals surface area contributed by atoms with E-state index in [2.05, 4.69) is 10.3 Å². The number of aromatic nitrogens is 2. The fraction of sp³-hybridized carbons (Fsp3) is 0.346. The van der Waals surface area contributed by atoms with Crippen molar-refractivity contribution in [2.24, 2.45) is 12.2 Å². The standard InChI is InChI=1S/C26H29N3O4/c1-19-24(25(29(2)28-19)32-22-9-5-3-6-10-22)17-27-31-18-20-13-15-21(16-14-20)26(30)33-23-11-7-4-8-12-23/h3,5-6,9-10,13-17,23H,4,7-8,11-12,18H2,1-2H3/b27-17+. The van der Waals surface area contributed by atoms with E-state index < -0.39 is 0 Å². The monoisotopic (exact) mass is 447 g/mol. The van der Waals surface area contributed by atoms with Crippen molar-refractivity contribution in [1.29, 1.82) is 0 Å². The molecule has 172 valence electrons. The Bertz CT molecular complexity index is 1080. The van der Waals surface area contributed by atoms with Gasteiger partial charge in [-0.2, -0.15) is 5.10 Å². The van der Waals surface area contributed by atoms with E-state index in [4.69, 9.17) is 14.3 Å². The number of ether oxygens (including phenoxy) is 2. The first kappa shape index (κ1) is 22.6. The van der Waals surface area contributed by atoms with Gasteiger partial charge in [0.1, 0.15) is 18.5 Å². The zero-order valence-corrected chi connectivity index (χ0v) is 19.1. The summed E-state index contributed by atoms with van der Waals surface area (Å²) in [7, 11) is 1.82. The van der Waals surface area contributed by atoms with E-state index >= 15 is 0 Å². The van der Waals surface area contributed by atoms with Gasteiger partial charge in [-0.25, -0.2) is 9.48 Å². The molecule has 7 nitrogen and oxygen atoms in total. The molecule has 0 spiro atoms. The molecule has 0 unspecified atom stereocenters. The molecule has 0 radical (unpaired) electrons. The van der Waals surface area contributed by atoms with Gasteiger partial charge < -0.3 is 14.3 Å². The van der Waals surface area contributed by atoms with Gasteiger partial charge in [-0.05, 0) is 62.4 Å². The Morgan fingerprint density at radius 2 is 1.82 bits per heavy atom. The maximum absolute atomic E-state index is 12.3. The molecule has 0 saturated heterocycles. The van der Waals surface area contributed by atoms with Crippen LogP contribution in [0.15, 0.2) is 59.8 Å². The molecular formula is C26H29N3O4. The number of rotatable bonds is 8. The predicted octanol–water partition coefficient (Wildman–Crippen LogP) is 5.56. The quantitative estimate of drug-likeness (QED) is 0.257. The second kappa shape index (κ2) is 10.8. The van der Waals surface area contributed by atoms with Gasteiger partial charge in [0.25, 0.3) is 0 Å². The highest BCUT2D eigenvalue weighted by atomic mass is 16.6. The molecule has 1 fully saturated rings. The molecule has 1 aliphatic rings. The zero-order chi connectivity index (χ0) is 23.0. The summed E-state index contributed by atoms with van der Waals surface area (Å²) in [6, 6.07) is 16.8. The van der Waals surface area contributed by atoms with Crippen LogP contribution in [-0.4, -0.2) is 28.1 Å². The lowest BCUT2D eigenvalue weighted by molar-refractivity contribution is 0.0211. The minimum atomic E-state index is -0.259. The van der Waals surface area contributed by atoms with Crippen molar-refractivity contribution in [3.63, 3.8) is 0 Å². The summed E-state index contributed by atoms with van der Waals surface area (Å²) in [6.45, 7) is 2.17. The smallest absolute Gasteiger partial charge is 0.338 e. The highest BCUT2D eigenvalue weighted by Gasteiger charge is 2.18. The van der Waals surface area contributed by atoms with Crippen molar-refractivity contribution in [2.45, 2.75) is 51.7 Å². The molecular weight excluding hydrogens is 418 g/mol. The molecule has 0 amide bonds. The molecule has 0 N–H and O–H groups in total. The van der Waals surface area contributed by atoms with Gasteiger partial charge in [0, 0.05) is 7.05 Å². The number of nitrogens with zero attached hydrogens (tertiary/aromatic N) is 3. The molecule has 1 aromatic heterocycles. The second-order valence-corrected chi connectivity index (χ2v) is 8.21. The molecule has 0 bridgehead atoms. The summed E-state index contributed by atoms with van der Waals surface area (Å²) < 4.78 is 13.3. The fourth-order valence-electron chi connectivity index (χ4n) is 3.86. The maximum Gasteiger partial charge on any atom is 0.338 e. The molecule has 2 aromatic carbocycles. The van der Waals surface area contributed by atoms with Crippen LogP contribution in [0, 0.1) is 6.92 Å². The van der Waals surface area contributed by atoms with Crippen LogP contribution in [0.4, 0.5) is 0 Å². The van der Waals surface area contributed by atoms with Crippen LogP contribution in [0.2, 0.25) is 0 Å². The van der Waals surface area contributed by atoms with Crippen molar-refractivity contribution in [2.75, 3.05) is 0 Å². The van der Waals surface area contributed by atoms with Gasteiger partial charge in [-0.3, -0.25) is 0 Å². The van der Waals surface area contributed by atoms with Crippen LogP contribution >= 0.6 is 0 Å². The average Bonchev–Trinajstić information content (AvgIpc) is 3.10. The van der Waals surface area contributed by atoms with Gasteiger partial charge >= 0.3 is 5.97 Å². The molecule has 1 aliphatic carbocycles. The van der Waals surface area contributed by atoms with Gasteiger partial charge in [0.2, 0.25) is 5.88 Å². The summed E-state index contributed by atoms with van der Waals surface area (Å²) in [5.41, 5.74) is 3.00. The van der Waals surface area contributed by atoms with E-state index in [-0.39, 0.29) is 18.7 Å². The third-order valence-electron chi connectivity index (χ3n) is 5.67. The third-order valence-corrected chi connectivity index (χ3v) is 5.67. The first-order chi connectivity index (χ1) is 16.1. The first-order valence-electron chi connectivity index (χ1n) is 11.3. The molecule has 33 heavy (non-hydrogen) atoms. The lowest BCUT2D eigenvalue weighted by Gasteiger charge is -2.21. The van der Waals surface area contributed by atoms with E-state index in [1.54, 1.807) is 23.0 Å². The summed E-state index contributed by atoms with van der Waals surface area (Å²) in [5, 5.41) is 8.51. The second-order valence-electron chi connectivity index (χ2n) is 8.21. The van der Waals surface area contributed by atoms with Crippen LogP contribution < -0.4 is 4.74 Å². The van der Waals surface area contributed by atoms with E-state index in [1.807, 2.05) is 56.4 Å². The molecule has 1 heterocycles. The molecule has 7 heteroatoms. The fourth-order valence-corrected chi connectivity index (χ4v) is 3.86. The molecule has 0 atom stereocenters. The molecule has 3 aromatic rings. The van der Waals surface area contributed by atoms with Gasteiger partial charge in [0.05, 0.1) is 23.0 Å². The number of oxime groups is 1. The Morgan fingerprint density at radius 3 is 2.55 bits per heavy atom. The Hall–Kier alpha value is -3.61. The molecule has 0 aliphatic heterocycles. The summed E-state index contributed by atoms with van der Waals surface area (Å²) >= 11 is 0. The number of esters is 1. The first-order valence-corrected chi connectivity index (χ1v) is 11.3. The highest BCUT2D eigenvalue weighted by Crippen LogP contribution is 2.26. The number of para-hydroxylation sites is 1. The van der Waals surface area contributed by atoms with Crippen molar-refractivity contribution in [3.8, 4) is 11.6 Å². The van der Waals surface area contributed by atoms with Crippen LogP contribution in [0.5, 0.6) is 11.6 Å². The molecule has 4 rings (SSSR count). The van der Waals surface area contributed by atoms with Gasteiger partial charge in [0.15, 0.2) is 0 Å². The largest absolute Gasteiger partial charge is 0.459 e. The van der Waals surface area contributed by atoms with Gasteiger partial charge in [-0.15, -0.1) is 0 Å². The Morgan fingerprint density at radius 1 is 1.09 bits per heavy atom. The Labute approximate surface area is 194 Å². The highest BCUT2D eigenvalue weighted by molar-refractivity contribution is 5.89. The lowest BCUT2D eigenvalue weighted by atomic mass is 9.98. The van der Waals surface area contributed by atoms with Crippen LogP contribution in [0.3, 0.4) is 0 Å². The number of aryl methyl sites for hydroxylation is 2. The van der Waals surface area contributed by atoms with Crippen LogP contribution in [-0.2, 0) is 23.2 Å². The van der Waals surface area contributed by atoms with Gasteiger partial charge in [-0.1, -0.05) is 41.9 Å². The summed E-state index contributed by atoms with van der Waals surface area (Å²) in [4.78, 5) is 17.8. The topological polar surface area (TPSA) is 74.9 Å². The lowest BCUT2D eigenvalue weighted by Crippen LogP contribution is -2.20. The normalized spacial score (nSPS) is 14.4. The Kier molecular flexibility index (Phi) is 7.40. The summed E-state index contributed by atoms with van der Waals surface area (Å²) in [6.07, 6.45) is 7.08. The van der Waals surface area contributed by atoms with Crippen molar-refractivity contribution >= 4 is 12.2 Å². The number of hydrogen-bond donors (Lipinski definition) is 0. The number of carbonyl (C=O) groups excluding carboxylic acids is 1. The minimum Gasteiger partial charge on any atom is -0.459 e. The van der Waals surface area contributed by atoms with Crippen LogP contribution in [0.1, 0.15) is 59.3 Å². The SMILES string of the molecule is Cc1nn(C)c(Oc2ccccc2)c1/C=N/OCc1ccc(C(=O)OC2CCCCC2)cc1. The maximum atomic E-state index is 12.3. The molecule has 1 saturated carbocycles. The van der Waals surface area contributed by atoms with E-state index in [0.717, 1.165) is 48.3 Å². The number of benzene rings is 2. The van der Waals surface area contributed by atoms with Crippen molar-refractivity contribution < 1.29 is 19.1 Å². The van der Waals surface area contributed by atoms with Crippen molar-refractivity contribution in [3.05, 3.63) is 77.0 Å². The summed E-state index contributed by atoms with van der Waals surface area (Å²) in [5.74, 6) is 1.05. The van der Waals surface area contributed by atoms with Crippen LogP contribution in [0.25, 0.3) is 0 Å². The average molecular weight is 448 g/mol. The van der Waals surface area contributed by atoms with E-state index in [9.17, 15) is 4.79 Å². The Balaban J connectivity index is 1.32. The van der Waals surface area contributed by atoms with E-state index in [1.165, 1.54) is 6.42 Å². The van der Waals surface area contributed by atoms with E-state index in [0.29, 0.717) is 11.4 Å². The number of carbonyl (C=O) groups is 1. The third kappa shape index (κ3) is 6.00.